The number of nitrogens with zero attached hydrogens (tertiary/aromatic N) is 2. The lowest BCUT2D eigenvalue weighted by Gasteiger charge is -2.26. The molecule has 0 heterocycles. The average molecular weight is 593 g/mol. The molecule has 0 bridgehead atoms. The van der Waals surface area contributed by atoms with Crippen LogP contribution in [0.1, 0.15) is 16.7 Å². The monoisotopic (exact) mass is 592 g/mol. The van der Waals surface area contributed by atoms with E-state index in [9.17, 15) is 25.3 Å². The highest BCUT2D eigenvalue weighted by molar-refractivity contribution is 7.89. The van der Waals surface area contributed by atoms with E-state index in [-0.39, 0.29) is 34.3 Å². The molecule has 0 unspecified atom stereocenters. The molecule has 0 fully saturated rings. The highest BCUT2D eigenvalue weighted by atomic mass is 32.2. The van der Waals surface area contributed by atoms with Crippen molar-refractivity contribution >= 4 is 30.2 Å². The third-order valence-corrected chi connectivity index (χ3v) is 11.0. The van der Waals surface area contributed by atoms with Crippen LogP contribution in [0.4, 0.5) is 0 Å². The van der Waals surface area contributed by atoms with Crippen molar-refractivity contribution in [2.45, 2.75) is 35.5 Å². The van der Waals surface area contributed by atoms with Gasteiger partial charge in [0.05, 0.1) is 21.3 Å². The summed E-state index contributed by atoms with van der Waals surface area (Å²) < 4.78 is 85.6. The molecule has 0 aliphatic heterocycles. The van der Waals surface area contributed by atoms with Crippen molar-refractivity contribution in [3.8, 4) is 0 Å². The lowest BCUT2D eigenvalue weighted by molar-refractivity contribution is 0.271. The van der Waals surface area contributed by atoms with Crippen molar-refractivity contribution in [1.82, 2.24) is 8.61 Å². The summed E-state index contributed by atoms with van der Waals surface area (Å²) >= 11 is 0. The lowest BCUT2D eigenvalue weighted by Crippen LogP contribution is -2.40. The molecule has 0 spiro atoms. The molecule has 0 saturated carbocycles. The first kappa shape index (κ1) is 30.5. The van der Waals surface area contributed by atoms with Crippen LogP contribution in [0.3, 0.4) is 0 Å². The molecule has 0 radical (unpaired) electrons. The molecule has 0 N–H and O–H groups in total. The predicted molar refractivity (Wildman–Crippen MR) is 150 cm³/mol. The third-order valence-electron chi connectivity index (χ3n) is 5.95. The molecule has 0 amide bonds. The molecule has 3 rings (SSSR count). The van der Waals surface area contributed by atoms with E-state index in [1.807, 2.05) is 20.8 Å². The summed E-state index contributed by atoms with van der Waals surface area (Å²) in [6.45, 7) is 7.71. The van der Waals surface area contributed by atoms with E-state index in [0.717, 1.165) is 31.5 Å². The fourth-order valence-corrected chi connectivity index (χ4v) is 7.18. The Hall–Kier alpha value is -3.03. The summed E-state index contributed by atoms with van der Waals surface area (Å²) in [5.41, 5.74) is 2.61. The summed E-state index contributed by atoms with van der Waals surface area (Å²) in [4.78, 5) is -0.0300. The number of aryl methyl sites for hydroxylation is 3. The predicted octanol–water partition coefficient (Wildman–Crippen LogP) is 3.84. The zero-order valence-electron chi connectivity index (χ0n) is 22.0. The van der Waals surface area contributed by atoms with E-state index in [1.54, 1.807) is 36.4 Å². The first-order chi connectivity index (χ1) is 18.3. The Kier molecular flexibility index (Phi) is 9.73. The van der Waals surface area contributed by atoms with Gasteiger partial charge in [-0.05, 0) is 57.2 Å². The molecule has 3 aromatic carbocycles. The van der Waals surface area contributed by atoms with Gasteiger partial charge in [0.15, 0.2) is 0 Å². The Morgan fingerprint density at radius 1 is 0.615 bits per heavy atom. The number of sulfonamides is 2. The molecular formula is C27H32N2O7S3. The van der Waals surface area contributed by atoms with Gasteiger partial charge in [0.1, 0.15) is 0 Å². The van der Waals surface area contributed by atoms with Gasteiger partial charge < -0.3 is 0 Å². The first-order valence-electron chi connectivity index (χ1n) is 12.0. The van der Waals surface area contributed by atoms with Crippen molar-refractivity contribution in [3.63, 3.8) is 0 Å². The lowest BCUT2D eigenvalue weighted by atomic mass is 10.2. The minimum absolute atomic E-state index is 0.0129. The van der Waals surface area contributed by atoms with Gasteiger partial charge in [-0.3, -0.25) is 8.49 Å². The SMILES string of the molecule is C=CN(CCN(CCOS(=O)(=O)c1ccc(C)cc1)S(=O)(=O)c1ccc(C)cc1)S(=O)(=O)c1ccc(C)cc1. The van der Waals surface area contributed by atoms with Crippen LogP contribution >= 0.6 is 0 Å². The highest BCUT2D eigenvalue weighted by Crippen LogP contribution is 2.20. The van der Waals surface area contributed by atoms with Crippen LogP contribution in [-0.2, 0) is 34.3 Å². The molecule has 39 heavy (non-hydrogen) atoms. The molecular weight excluding hydrogens is 561 g/mol. The number of hydrogen-bond donors (Lipinski definition) is 0. The van der Waals surface area contributed by atoms with Crippen LogP contribution in [-0.4, -0.2) is 60.1 Å². The van der Waals surface area contributed by atoms with E-state index in [2.05, 4.69) is 6.58 Å². The summed E-state index contributed by atoms with van der Waals surface area (Å²) in [6, 6.07) is 18.5. The van der Waals surface area contributed by atoms with Gasteiger partial charge in [-0.25, -0.2) is 16.8 Å². The van der Waals surface area contributed by atoms with Crippen LogP contribution in [0.25, 0.3) is 0 Å². The van der Waals surface area contributed by atoms with Gasteiger partial charge in [0.2, 0.25) is 10.0 Å². The smallest absolute Gasteiger partial charge is 0.273 e. The summed E-state index contributed by atoms with van der Waals surface area (Å²) in [7, 11) is -12.2. The van der Waals surface area contributed by atoms with Crippen molar-refractivity contribution in [2.75, 3.05) is 26.2 Å². The maximum atomic E-state index is 13.5. The van der Waals surface area contributed by atoms with Crippen LogP contribution in [0.15, 0.2) is 100 Å². The summed E-state index contributed by atoms with van der Waals surface area (Å²) in [6.07, 6.45) is 1.12. The molecule has 0 saturated heterocycles. The number of hydrogen-bond acceptors (Lipinski definition) is 7. The maximum Gasteiger partial charge on any atom is 0.297 e. The van der Waals surface area contributed by atoms with Crippen molar-refractivity contribution in [3.05, 3.63) is 102 Å². The zero-order valence-corrected chi connectivity index (χ0v) is 24.5. The van der Waals surface area contributed by atoms with Crippen LogP contribution in [0.2, 0.25) is 0 Å². The second-order valence-corrected chi connectivity index (χ2v) is 14.4. The van der Waals surface area contributed by atoms with Crippen LogP contribution in [0, 0.1) is 20.8 Å². The van der Waals surface area contributed by atoms with Gasteiger partial charge in [-0.2, -0.15) is 12.7 Å². The van der Waals surface area contributed by atoms with Gasteiger partial charge in [-0.15, -0.1) is 0 Å². The Morgan fingerprint density at radius 2 is 1.03 bits per heavy atom. The van der Waals surface area contributed by atoms with Gasteiger partial charge in [0, 0.05) is 25.8 Å². The second-order valence-electron chi connectivity index (χ2n) is 8.92. The summed E-state index contributed by atoms with van der Waals surface area (Å²) in [5, 5.41) is 0. The fraction of sp³-hybridized carbons (Fsp3) is 0.259. The number of benzene rings is 3. The van der Waals surface area contributed by atoms with E-state index < -0.39 is 36.8 Å². The summed E-state index contributed by atoms with van der Waals surface area (Å²) in [5.74, 6) is 0. The topological polar surface area (TPSA) is 118 Å². The van der Waals surface area contributed by atoms with Crippen LogP contribution in [0.5, 0.6) is 0 Å². The molecule has 12 heteroatoms. The minimum atomic E-state index is -4.13. The van der Waals surface area contributed by atoms with Gasteiger partial charge in [0.25, 0.3) is 20.1 Å². The molecule has 3 aromatic rings. The Bertz CT molecular complexity index is 1600. The maximum absolute atomic E-state index is 13.5. The van der Waals surface area contributed by atoms with E-state index >= 15 is 0 Å². The molecule has 0 aliphatic carbocycles. The molecule has 0 aliphatic rings. The highest BCUT2D eigenvalue weighted by Gasteiger charge is 2.28. The Balaban J connectivity index is 1.83. The first-order valence-corrected chi connectivity index (χ1v) is 16.3. The van der Waals surface area contributed by atoms with Gasteiger partial charge in [-0.1, -0.05) is 59.7 Å². The quantitative estimate of drug-likeness (QED) is 0.277. The largest absolute Gasteiger partial charge is 0.297 e. The van der Waals surface area contributed by atoms with Crippen molar-refractivity contribution in [2.24, 2.45) is 0 Å². The van der Waals surface area contributed by atoms with Gasteiger partial charge >= 0.3 is 0 Å². The Morgan fingerprint density at radius 3 is 1.46 bits per heavy atom. The molecule has 9 nitrogen and oxygen atoms in total. The molecule has 210 valence electrons. The standard InChI is InChI=1S/C27H32N2O7S3/c1-5-28(37(30,31)25-12-6-22(2)7-13-25)18-19-29(38(32,33)26-14-8-23(3)9-15-26)20-21-36-39(34,35)27-16-10-24(4)11-17-27/h5-17H,1,18-21H2,2-4H3. The van der Waals surface area contributed by atoms with E-state index in [4.69, 9.17) is 4.18 Å². The van der Waals surface area contributed by atoms with Crippen molar-refractivity contribution in [1.29, 1.82) is 0 Å². The van der Waals surface area contributed by atoms with E-state index in [0.29, 0.717) is 0 Å². The van der Waals surface area contributed by atoms with Crippen molar-refractivity contribution < 1.29 is 29.4 Å². The third kappa shape index (κ3) is 7.55. The molecule has 0 atom stereocenters. The second kappa shape index (κ2) is 12.4. The average Bonchev–Trinajstić information content (AvgIpc) is 2.88. The molecule has 0 aromatic heterocycles. The van der Waals surface area contributed by atoms with Crippen LogP contribution < -0.4 is 0 Å². The zero-order chi connectivity index (χ0) is 28.8. The normalized spacial score (nSPS) is 12.4. The number of rotatable bonds is 13. The minimum Gasteiger partial charge on any atom is -0.273 e. The fourth-order valence-electron chi connectivity index (χ4n) is 3.60. The Labute approximate surface area is 231 Å². The van der Waals surface area contributed by atoms with E-state index in [1.165, 1.54) is 36.4 Å².